The highest BCUT2D eigenvalue weighted by molar-refractivity contribution is 7.86. The zero-order valence-corrected chi connectivity index (χ0v) is 13.6. The van der Waals surface area contributed by atoms with Crippen LogP contribution in [0.15, 0.2) is 5.11 Å². The molecule has 0 radical (unpaired) electrons. The van der Waals surface area contributed by atoms with Gasteiger partial charge in [0.25, 0.3) is 10.1 Å². The molecule has 0 amide bonds. The highest BCUT2D eigenvalue weighted by Gasteiger charge is 2.48. The van der Waals surface area contributed by atoms with Crippen LogP contribution in [-0.2, 0) is 28.6 Å². The summed E-state index contributed by atoms with van der Waals surface area (Å²) in [6.45, 7) is 0.257. The molecular formula is C11H19N3O9S. The SMILES string of the molecule is CC(=O)OC1OC(CO)C(O)C(O)C1OS(=O)(=O)CCCN=[N+]=[N-]. The molecule has 3 N–H and O–H groups in total. The van der Waals surface area contributed by atoms with E-state index >= 15 is 0 Å². The van der Waals surface area contributed by atoms with Crippen LogP contribution in [0.3, 0.4) is 0 Å². The highest BCUT2D eigenvalue weighted by Crippen LogP contribution is 2.26. The number of aliphatic hydroxyl groups excluding tert-OH is 3. The molecule has 1 fully saturated rings. The summed E-state index contributed by atoms with van der Waals surface area (Å²) in [5, 5.41) is 32.1. The Balaban J connectivity index is 2.86. The van der Waals surface area contributed by atoms with E-state index in [1.54, 1.807) is 0 Å². The van der Waals surface area contributed by atoms with Crippen molar-refractivity contribution in [2.45, 2.75) is 44.1 Å². The molecule has 5 unspecified atom stereocenters. The topological polar surface area (TPSA) is 188 Å². The van der Waals surface area contributed by atoms with Crippen LogP contribution >= 0.6 is 0 Å². The fraction of sp³-hybridized carbons (Fsp3) is 0.909. The van der Waals surface area contributed by atoms with Crippen molar-refractivity contribution in [3.05, 3.63) is 10.4 Å². The van der Waals surface area contributed by atoms with E-state index in [1.165, 1.54) is 0 Å². The molecule has 1 rings (SSSR count). The molecule has 1 aliphatic heterocycles. The minimum atomic E-state index is -4.20. The Kier molecular flexibility index (Phi) is 7.83. The van der Waals surface area contributed by atoms with Crippen molar-refractivity contribution in [2.24, 2.45) is 5.11 Å². The van der Waals surface area contributed by atoms with Gasteiger partial charge in [-0.25, -0.2) is 0 Å². The Hall–Kier alpha value is -1.47. The first-order valence-corrected chi connectivity index (χ1v) is 8.51. The fourth-order valence-electron chi connectivity index (χ4n) is 1.99. The number of hydrogen-bond acceptors (Lipinski definition) is 10. The number of ether oxygens (including phenoxy) is 2. The summed E-state index contributed by atoms with van der Waals surface area (Å²) in [6, 6.07) is 0. The normalized spacial score (nSPS) is 30.4. The molecule has 13 heteroatoms. The van der Waals surface area contributed by atoms with Gasteiger partial charge < -0.3 is 24.8 Å². The van der Waals surface area contributed by atoms with Crippen LogP contribution < -0.4 is 0 Å². The van der Waals surface area contributed by atoms with Crippen molar-refractivity contribution >= 4 is 16.1 Å². The second kappa shape index (κ2) is 9.13. The second-order valence-electron chi connectivity index (χ2n) is 4.95. The maximum atomic E-state index is 11.9. The summed E-state index contributed by atoms with van der Waals surface area (Å²) in [6.07, 6.45) is -8.09. The lowest BCUT2D eigenvalue weighted by molar-refractivity contribution is -0.286. The molecule has 0 aromatic rings. The van der Waals surface area contributed by atoms with Crippen LogP contribution in [0.1, 0.15) is 13.3 Å². The molecular weight excluding hydrogens is 350 g/mol. The maximum Gasteiger partial charge on any atom is 0.305 e. The van der Waals surface area contributed by atoms with E-state index in [0.29, 0.717) is 0 Å². The number of esters is 1. The molecule has 0 saturated carbocycles. The Morgan fingerprint density at radius 1 is 1.38 bits per heavy atom. The van der Waals surface area contributed by atoms with Gasteiger partial charge in [0.2, 0.25) is 6.29 Å². The molecule has 0 aromatic carbocycles. The van der Waals surface area contributed by atoms with E-state index in [9.17, 15) is 23.4 Å². The smallest absolute Gasteiger partial charge is 0.305 e. The van der Waals surface area contributed by atoms with Gasteiger partial charge in [0.05, 0.1) is 12.4 Å². The third-order valence-corrected chi connectivity index (χ3v) is 4.38. The zero-order chi connectivity index (χ0) is 18.3. The molecule has 24 heavy (non-hydrogen) atoms. The van der Waals surface area contributed by atoms with Crippen molar-refractivity contribution in [1.29, 1.82) is 0 Å². The number of nitrogens with zero attached hydrogens (tertiary/aromatic N) is 3. The number of aliphatic hydroxyl groups is 3. The first kappa shape index (κ1) is 20.6. The molecule has 1 saturated heterocycles. The van der Waals surface area contributed by atoms with Crippen molar-refractivity contribution in [3.63, 3.8) is 0 Å². The number of carbonyl (C=O) groups excluding carboxylic acids is 1. The zero-order valence-electron chi connectivity index (χ0n) is 12.8. The van der Waals surface area contributed by atoms with Crippen molar-refractivity contribution in [1.82, 2.24) is 0 Å². The predicted molar refractivity (Wildman–Crippen MR) is 76.8 cm³/mol. The van der Waals surface area contributed by atoms with E-state index in [1.807, 2.05) is 0 Å². The lowest BCUT2D eigenvalue weighted by Gasteiger charge is -2.40. The van der Waals surface area contributed by atoms with Gasteiger partial charge in [-0.1, -0.05) is 5.11 Å². The van der Waals surface area contributed by atoms with E-state index in [-0.39, 0.29) is 13.0 Å². The Morgan fingerprint density at radius 3 is 2.58 bits per heavy atom. The molecule has 0 spiro atoms. The van der Waals surface area contributed by atoms with Crippen LogP contribution in [-0.4, -0.2) is 79.3 Å². The van der Waals surface area contributed by atoms with Crippen molar-refractivity contribution in [3.8, 4) is 0 Å². The number of carbonyl (C=O) groups is 1. The minimum Gasteiger partial charge on any atom is -0.433 e. The number of azide groups is 1. The van der Waals surface area contributed by atoms with E-state index in [2.05, 4.69) is 10.0 Å². The van der Waals surface area contributed by atoms with Gasteiger partial charge in [-0.05, 0) is 12.0 Å². The maximum absolute atomic E-state index is 11.9. The Morgan fingerprint density at radius 2 is 2.04 bits per heavy atom. The number of rotatable bonds is 8. The van der Waals surface area contributed by atoms with E-state index < -0.39 is 59.2 Å². The summed E-state index contributed by atoms with van der Waals surface area (Å²) >= 11 is 0. The summed E-state index contributed by atoms with van der Waals surface area (Å²) in [5.41, 5.74) is 8.12. The lowest BCUT2D eigenvalue weighted by Crippen LogP contribution is -2.60. The summed E-state index contributed by atoms with van der Waals surface area (Å²) in [5.74, 6) is -1.36. The van der Waals surface area contributed by atoms with Crippen LogP contribution in [0, 0.1) is 0 Å². The van der Waals surface area contributed by atoms with E-state index in [4.69, 9.17) is 24.3 Å². The third kappa shape index (κ3) is 5.87. The van der Waals surface area contributed by atoms with Gasteiger partial charge in [0.15, 0.2) is 6.10 Å². The first-order chi connectivity index (χ1) is 11.2. The standard InChI is InChI=1S/C11H19N3O9S/c1-6(16)21-11-10(9(18)8(17)7(5-15)22-11)23-24(19,20)4-2-3-13-14-12/h7-11,15,17-18H,2-5H2,1H3. The van der Waals surface area contributed by atoms with Gasteiger partial charge in [-0.15, -0.1) is 0 Å². The number of hydrogen-bond donors (Lipinski definition) is 3. The predicted octanol–water partition coefficient (Wildman–Crippen LogP) is -1.60. The molecule has 0 bridgehead atoms. The Labute approximate surface area is 137 Å². The highest BCUT2D eigenvalue weighted by atomic mass is 32.2. The van der Waals surface area contributed by atoms with Gasteiger partial charge in [-0.2, -0.15) is 8.42 Å². The fourth-order valence-corrected chi connectivity index (χ4v) is 3.11. The van der Waals surface area contributed by atoms with Gasteiger partial charge in [-0.3, -0.25) is 8.98 Å². The minimum absolute atomic E-state index is 0.0316. The largest absolute Gasteiger partial charge is 0.433 e. The Bertz CT molecular complexity index is 577. The summed E-state index contributed by atoms with van der Waals surface area (Å²) in [7, 11) is -4.20. The molecule has 12 nitrogen and oxygen atoms in total. The van der Waals surface area contributed by atoms with E-state index in [0.717, 1.165) is 6.92 Å². The van der Waals surface area contributed by atoms with Crippen LogP contribution in [0.5, 0.6) is 0 Å². The first-order valence-electron chi connectivity index (χ1n) is 6.93. The molecule has 1 aliphatic rings. The van der Waals surface area contributed by atoms with Crippen LogP contribution in [0.25, 0.3) is 10.4 Å². The summed E-state index contributed by atoms with van der Waals surface area (Å²) < 4.78 is 38.4. The molecule has 0 aromatic heterocycles. The van der Waals surface area contributed by atoms with Crippen LogP contribution in [0.4, 0.5) is 0 Å². The quantitative estimate of drug-likeness (QED) is 0.113. The lowest BCUT2D eigenvalue weighted by atomic mass is 9.99. The second-order valence-corrected chi connectivity index (χ2v) is 6.66. The molecule has 0 aliphatic carbocycles. The summed E-state index contributed by atoms with van der Waals surface area (Å²) in [4.78, 5) is 13.6. The van der Waals surface area contributed by atoms with Crippen LogP contribution in [0.2, 0.25) is 0 Å². The molecule has 1 heterocycles. The van der Waals surface area contributed by atoms with Gasteiger partial charge in [0.1, 0.15) is 18.3 Å². The average molecular weight is 369 g/mol. The average Bonchev–Trinajstić information content (AvgIpc) is 2.50. The molecule has 138 valence electrons. The third-order valence-electron chi connectivity index (χ3n) is 3.08. The van der Waals surface area contributed by atoms with Crippen molar-refractivity contribution < 1.29 is 42.2 Å². The monoisotopic (exact) mass is 369 g/mol. The van der Waals surface area contributed by atoms with Gasteiger partial charge >= 0.3 is 5.97 Å². The molecule has 5 atom stereocenters. The van der Waals surface area contributed by atoms with Gasteiger partial charge in [0, 0.05) is 18.4 Å². The van der Waals surface area contributed by atoms with Crippen molar-refractivity contribution in [2.75, 3.05) is 18.9 Å².